The monoisotopic (exact) mass is 225 g/mol. The zero-order valence-corrected chi connectivity index (χ0v) is 10.4. The van der Waals surface area contributed by atoms with Crippen LogP contribution < -0.4 is 0 Å². The van der Waals surface area contributed by atoms with Crippen LogP contribution in [0.15, 0.2) is 0 Å². The van der Waals surface area contributed by atoms with E-state index in [1.54, 1.807) is 0 Å². The van der Waals surface area contributed by atoms with Gasteiger partial charge in [-0.05, 0) is 32.1 Å². The number of methoxy groups -OCH3 is 1. The highest BCUT2D eigenvalue weighted by Gasteiger charge is 2.40. The molecule has 2 fully saturated rings. The number of likely N-dealkylation sites (tertiary alicyclic amines) is 1. The molecule has 0 aromatic rings. The van der Waals surface area contributed by atoms with E-state index >= 15 is 0 Å². The molecule has 2 unspecified atom stereocenters. The highest BCUT2D eigenvalue weighted by atomic mass is 16.5. The van der Waals surface area contributed by atoms with Gasteiger partial charge in [-0.2, -0.15) is 0 Å². The van der Waals surface area contributed by atoms with Crippen LogP contribution in [-0.4, -0.2) is 36.6 Å². The van der Waals surface area contributed by atoms with E-state index in [4.69, 9.17) is 4.74 Å². The lowest BCUT2D eigenvalue weighted by atomic mass is 9.82. The minimum absolute atomic E-state index is 0.0435. The first kappa shape index (κ1) is 11.9. The van der Waals surface area contributed by atoms with E-state index in [1.807, 2.05) is 0 Å². The summed E-state index contributed by atoms with van der Waals surface area (Å²) >= 11 is 0. The fraction of sp³-hybridized carbons (Fsp3) is 0.923. The number of rotatable bonds is 3. The maximum absolute atomic E-state index is 11.5. The van der Waals surface area contributed by atoms with Crippen molar-refractivity contribution >= 4 is 5.97 Å². The van der Waals surface area contributed by atoms with Crippen LogP contribution in [0.1, 0.15) is 45.4 Å². The van der Waals surface area contributed by atoms with Crippen LogP contribution in [0, 0.1) is 5.92 Å². The Morgan fingerprint density at radius 2 is 1.94 bits per heavy atom. The molecule has 0 radical (unpaired) electrons. The predicted molar refractivity (Wildman–Crippen MR) is 63.2 cm³/mol. The van der Waals surface area contributed by atoms with E-state index in [9.17, 15) is 4.79 Å². The Labute approximate surface area is 98.1 Å². The number of carbonyl (C=O) groups excluding carboxylic acids is 1. The van der Waals surface area contributed by atoms with Gasteiger partial charge in [0.05, 0.1) is 7.11 Å². The van der Waals surface area contributed by atoms with Crippen LogP contribution in [0.25, 0.3) is 0 Å². The number of hydrogen-bond donors (Lipinski definition) is 0. The Balaban J connectivity index is 1.89. The van der Waals surface area contributed by atoms with Crippen molar-refractivity contribution in [1.29, 1.82) is 0 Å². The first-order chi connectivity index (χ1) is 7.74. The largest absolute Gasteiger partial charge is 0.468 e. The minimum Gasteiger partial charge on any atom is -0.468 e. The van der Waals surface area contributed by atoms with Gasteiger partial charge >= 0.3 is 5.97 Å². The fourth-order valence-corrected chi connectivity index (χ4v) is 3.17. The summed E-state index contributed by atoms with van der Waals surface area (Å²) in [6.45, 7) is 3.35. The third kappa shape index (κ3) is 2.24. The van der Waals surface area contributed by atoms with Gasteiger partial charge in [0.1, 0.15) is 6.04 Å². The summed E-state index contributed by atoms with van der Waals surface area (Å²) in [5, 5.41) is 0. The molecule has 1 saturated carbocycles. The molecule has 0 N–H and O–H groups in total. The quantitative estimate of drug-likeness (QED) is 0.690. The van der Waals surface area contributed by atoms with Gasteiger partial charge < -0.3 is 4.74 Å². The molecule has 2 aliphatic rings. The van der Waals surface area contributed by atoms with Crippen molar-refractivity contribution in [2.45, 2.75) is 57.5 Å². The number of hydrogen-bond acceptors (Lipinski definition) is 3. The van der Waals surface area contributed by atoms with E-state index < -0.39 is 0 Å². The second-order valence-electron chi connectivity index (χ2n) is 5.20. The van der Waals surface area contributed by atoms with Gasteiger partial charge in [-0.25, -0.2) is 0 Å². The minimum atomic E-state index is -0.0473. The topological polar surface area (TPSA) is 29.5 Å². The maximum atomic E-state index is 11.5. The molecule has 0 aromatic heterocycles. The number of esters is 1. The Hall–Kier alpha value is -0.570. The summed E-state index contributed by atoms with van der Waals surface area (Å²) in [4.78, 5) is 13.9. The van der Waals surface area contributed by atoms with Crippen LogP contribution in [-0.2, 0) is 9.53 Å². The molecule has 1 aliphatic heterocycles. The van der Waals surface area contributed by atoms with Crippen molar-refractivity contribution in [3.63, 3.8) is 0 Å². The van der Waals surface area contributed by atoms with E-state index in [-0.39, 0.29) is 12.0 Å². The molecule has 92 valence electrons. The molecule has 1 heterocycles. The predicted octanol–water partition coefficient (Wildman–Crippen LogP) is 2.20. The van der Waals surface area contributed by atoms with E-state index in [1.165, 1.54) is 39.2 Å². The Morgan fingerprint density at radius 1 is 1.25 bits per heavy atom. The third-order valence-electron chi connectivity index (χ3n) is 4.39. The van der Waals surface area contributed by atoms with Gasteiger partial charge in [0.15, 0.2) is 0 Å². The van der Waals surface area contributed by atoms with Crippen molar-refractivity contribution in [1.82, 2.24) is 4.90 Å². The van der Waals surface area contributed by atoms with Gasteiger partial charge in [0.25, 0.3) is 0 Å². The van der Waals surface area contributed by atoms with Gasteiger partial charge in [-0.15, -0.1) is 0 Å². The second kappa shape index (κ2) is 5.17. The Kier molecular flexibility index (Phi) is 3.85. The molecule has 2 rings (SSSR count). The molecular formula is C13H23NO2. The van der Waals surface area contributed by atoms with Crippen molar-refractivity contribution in [3.05, 3.63) is 0 Å². The van der Waals surface area contributed by atoms with Crippen LogP contribution >= 0.6 is 0 Å². The number of nitrogens with zero attached hydrogens (tertiary/aromatic N) is 1. The van der Waals surface area contributed by atoms with E-state index in [2.05, 4.69) is 11.8 Å². The van der Waals surface area contributed by atoms with E-state index in [0.717, 1.165) is 18.9 Å². The normalized spacial score (nSPS) is 29.5. The lowest BCUT2D eigenvalue weighted by Crippen LogP contribution is -2.58. The molecule has 0 bridgehead atoms. The lowest BCUT2D eigenvalue weighted by Gasteiger charge is -2.46. The highest BCUT2D eigenvalue weighted by molar-refractivity contribution is 5.76. The van der Waals surface area contributed by atoms with Crippen LogP contribution in [0.3, 0.4) is 0 Å². The maximum Gasteiger partial charge on any atom is 0.323 e. The van der Waals surface area contributed by atoms with Gasteiger partial charge in [0, 0.05) is 12.6 Å². The summed E-state index contributed by atoms with van der Waals surface area (Å²) in [6, 6.07) is 0.597. The second-order valence-corrected chi connectivity index (χ2v) is 5.20. The van der Waals surface area contributed by atoms with Crippen molar-refractivity contribution in [2.24, 2.45) is 5.92 Å². The first-order valence-corrected chi connectivity index (χ1v) is 6.57. The van der Waals surface area contributed by atoms with Gasteiger partial charge in [-0.3, -0.25) is 9.69 Å². The van der Waals surface area contributed by atoms with Crippen molar-refractivity contribution in [2.75, 3.05) is 13.7 Å². The molecule has 0 aromatic carbocycles. The summed E-state index contributed by atoms with van der Waals surface area (Å²) in [5.41, 5.74) is 0. The molecule has 1 saturated heterocycles. The number of carbonyl (C=O) groups is 1. The first-order valence-electron chi connectivity index (χ1n) is 6.57. The fourth-order valence-electron chi connectivity index (χ4n) is 3.17. The summed E-state index contributed by atoms with van der Waals surface area (Å²) in [6.07, 6.45) is 7.78. The van der Waals surface area contributed by atoms with Crippen molar-refractivity contribution < 1.29 is 9.53 Å². The molecule has 2 atom stereocenters. The van der Waals surface area contributed by atoms with Crippen molar-refractivity contribution in [3.8, 4) is 0 Å². The summed E-state index contributed by atoms with van der Waals surface area (Å²) < 4.78 is 4.84. The zero-order chi connectivity index (χ0) is 11.5. The SMILES string of the molecule is COC(=O)C1CCN1C(C)C1CCCCC1. The van der Waals surface area contributed by atoms with Crippen LogP contribution in [0.2, 0.25) is 0 Å². The zero-order valence-electron chi connectivity index (χ0n) is 10.4. The average Bonchev–Trinajstić information content (AvgIpc) is 2.28. The van der Waals surface area contributed by atoms with Crippen LogP contribution in [0.4, 0.5) is 0 Å². The molecule has 0 spiro atoms. The molecule has 0 amide bonds. The Morgan fingerprint density at radius 3 is 2.44 bits per heavy atom. The standard InChI is InChI=1S/C13H23NO2/c1-10(11-6-4-3-5-7-11)14-9-8-12(14)13(15)16-2/h10-12H,3-9H2,1-2H3. The molecular weight excluding hydrogens is 202 g/mol. The summed E-state index contributed by atoms with van der Waals surface area (Å²) in [7, 11) is 1.49. The Bertz CT molecular complexity index is 248. The summed E-state index contributed by atoms with van der Waals surface area (Å²) in [5.74, 6) is 0.745. The molecule has 3 nitrogen and oxygen atoms in total. The number of ether oxygens (including phenoxy) is 1. The van der Waals surface area contributed by atoms with Crippen LogP contribution in [0.5, 0.6) is 0 Å². The average molecular weight is 225 g/mol. The third-order valence-corrected chi connectivity index (χ3v) is 4.39. The molecule has 1 aliphatic carbocycles. The lowest BCUT2D eigenvalue weighted by molar-refractivity contribution is -0.154. The molecule has 16 heavy (non-hydrogen) atoms. The van der Waals surface area contributed by atoms with Gasteiger partial charge in [-0.1, -0.05) is 19.3 Å². The molecule has 3 heteroatoms. The smallest absolute Gasteiger partial charge is 0.323 e. The highest BCUT2D eigenvalue weighted by Crippen LogP contribution is 2.33. The van der Waals surface area contributed by atoms with E-state index in [0.29, 0.717) is 6.04 Å². The van der Waals surface area contributed by atoms with Gasteiger partial charge in [0.2, 0.25) is 0 Å².